The summed E-state index contributed by atoms with van der Waals surface area (Å²) >= 11 is 0. The van der Waals surface area contributed by atoms with Crippen LogP contribution in [0.3, 0.4) is 0 Å². The molecule has 0 bridgehead atoms. The Morgan fingerprint density at radius 3 is 2.45 bits per heavy atom. The lowest BCUT2D eigenvalue weighted by Crippen LogP contribution is -2.13. The number of aromatic amines is 1. The number of H-pyrrole nitrogens is 1. The second kappa shape index (κ2) is 7.06. The fraction of sp³-hybridized carbons (Fsp3) is 0.105. The van der Waals surface area contributed by atoms with Crippen LogP contribution in [0.25, 0.3) is 11.1 Å². The summed E-state index contributed by atoms with van der Waals surface area (Å²) in [5, 5.41) is 3.07. The Balaban J connectivity index is 1.59. The molecule has 0 amide bonds. The predicted octanol–water partition coefficient (Wildman–Crippen LogP) is 3.07. The monoisotopic (exact) mass is 411 g/mol. The summed E-state index contributed by atoms with van der Waals surface area (Å²) in [6, 6.07) is 12.8. The van der Waals surface area contributed by atoms with Gasteiger partial charge in [0.15, 0.2) is 5.58 Å². The summed E-state index contributed by atoms with van der Waals surface area (Å²) in [7, 11) is -3.88. The summed E-state index contributed by atoms with van der Waals surface area (Å²) in [4.78, 5) is 22.3. The Morgan fingerprint density at radius 1 is 0.966 bits per heavy atom. The van der Waals surface area contributed by atoms with Gasteiger partial charge in [0.1, 0.15) is 0 Å². The third kappa shape index (κ3) is 4.11. The largest absolute Gasteiger partial charge is 0.417 e. The molecule has 0 saturated carbocycles. The summed E-state index contributed by atoms with van der Waals surface area (Å²) in [6.07, 6.45) is 0. The van der Waals surface area contributed by atoms with E-state index in [9.17, 15) is 13.2 Å². The molecule has 0 aliphatic heterocycles. The average molecular weight is 411 g/mol. The smallest absolute Gasteiger partial charge is 0.408 e. The average Bonchev–Trinajstić information content (AvgIpc) is 3.00. The van der Waals surface area contributed by atoms with Gasteiger partial charge in [0.25, 0.3) is 10.0 Å². The quantitative estimate of drug-likeness (QED) is 0.460. The highest BCUT2D eigenvalue weighted by atomic mass is 32.2. The topological polar surface area (TPSA) is 130 Å². The molecule has 0 unspecified atom stereocenters. The molecule has 4 rings (SSSR count). The molecule has 2 heterocycles. The molecule has 0 spiro atoms. The fourth-order valence-electron chi connectivity index (χ4n) is 2.88. The normalized spacial score (nSPS) is 11.5. The van der Waals surface area contributed by atoms with Crippen molar-refractivity contribution < 1.29 is 12.8 Å². The van der Waals surface area contributed by atoms with Crippen molar-refractivity contribution in [2.45, 2.75) is 18.7 Å². The fourth-order valence-corrected chi connectivity index (χ4v) is 3.94. The molecule has 0 aliphatic rings. The molecule has 0 atom stereocenters. The third-order valence-corrected chi connectivity index (χ3v) is 5.43. The van der Waals surface area contributed by atoms with Gasteiger partial charge >= 0.3 is 5.76 Å². The first-order valence-electron chi connectivity index (χ1n) is 8.64. The zero-order valence-electron chi connectivity index (χ0n) is 15.6. The Hall–Kier alpha value is -3.66. The number of fused-ring (bicyclic) bond motifs is 1. The highest BCUT2D eigenvalue weighted by Gasteiger charge is 2.16. The Labute approximate surface area is 165 Å². The Bertz CT molecular complexity index is 1350. The zero-order chi connectivity index (χ0) is 20.6. The van der Waals surface area contributed by atoms with Crippen molar-refractivity contribution in [1.82, 2.24) is 15.0 Å². The summed E-state index contributed by atoms with van der Waals surface area (Å²) in [5.74, 6) is -0.217. The van der Waals surface area contributed by atoms with Gasteiger partial charge < -0.3 is 9.73 Å². The van der Waals surface area contributed by atoms with Crippen LogP contribution in [0.2, 0.25) is 0 Å². The van der Waals surface area contributed by atoms with Gasteiger partial charge in [-0.3, -0.25) is 9.71 Å². The molecule has 0 fully saturated rings. The molecule has 2 aromatic heterocycles. The second-order valence-corrected chi connectivity index (χ2v) is 8.14. The minimum Gasteiger partial charge on any atom is -0.408 e. The minimum atomic E-state index is -3.88. The molecule has 2 aromatic carbocycles. The Kier molecular flexibility index (Phi) is 4.55. The van der Waals surface area contributed by atoms with Gasteiger partial charge in [-0.15, -0.1) is 0 Å². The first-order valence-corrected chi connectivity index (χ1v) is 10.1. The van der Waals surface area contributed by atoms with E-state index < -0.39 is 15.8 Å². The van der Waals surface area contributed by atoms with Crippen LogP contribution in [0.15, 0.2) is 62.6 Å². The molecular weight excluding hydrogens is 394 g/mol. The standard InChI is InChI=1S/C19H17N5O4S/c1-11-8-12(2)21-18(20-11)22-13-4-3-5-14(9-13)24-29(26,27)15-6-7-16-17(10-15)28-19(25)23-16/h3-10,24H,1-2H3,(H,23,25)(H,20,21,22). The van der Waals surface area contributed by atoms with Gasteiger partial charge in [-0.25, -0.2) is 23.2 Å². The highest BCUT2D eigenvalue weighted by Crippen LogP contribution is 2.23. The number of hydrogen-bond acceptors (Lipinski definition) is 7. The van der Waals surface area contributed by atoms with Crippen molar-refractivity contribution >= 4 is 38.4 Å². The summed E-state index contributed by atoms with van der Waals surface area (Å²) in [5.41, 5.74) is 3.22. The van der Waals surface area contributed by atoms with Crippen molar-refractivity contribution in [3.63, 3.8) is 0 Å². The van der Waals surface area contributed by atoms with E-state index in [1.807, 2.05) is 19.9 Å². The first kappa shape index (κ1) is 18.7. The third-order valence-electron chi connectivity index (χ3n) is 4.06. The van der Waals surface area contributed by atoms with Gasteiger partial charge in [0, 0.05) is 23.1 Å². The van der Waals surface area contributed by atoms with E-state index in [4.69, 9.17) is 4.42 Å². The van der Waals surface area contributed by atoms with Crippen LogP contribution >= 0.6 is 0 Å². The van der Waals surface area contributed by atoms with E-state index >= 15 is 0 Å². The maximum absolute atomic E-state index is 12.7. The minimum absolute atomic E-state index is 0.0243. The van der Waals surface area contributed by atoms with Gasteiger partial charge in [-0.1, -0.05) is 6.07 Å². The number of nitrogens with zero attached hydrogens (tertiary/aromatic N) is 2. The van der Waals surface area contributed by atoms with Crippen LogP contribution in [0.4, 0.5) is 17.3 Å². The lowest BCUT2D eigenvalue weighted by molar-refractivity contribution is 0.554. The second-order valence-electron chi connectivity index (χ2n) is 6.46. The lowest BCUT2D eigenvalue weighted by Gasteiger charge is -2.11. The van der Waals surface area contributed by atoms with Crippen molar-refractivity contribution in [1.29, 1.82) is 0 Å². The number of aryl methyl sites for hydroxylation is 2. The van der Waals surface area contributed by atoms with E-state index in [-0.39, 0.29) is 10.5 Å². The van der Waals surface area contributed by atoms with E-state index in [1.165, 1.54) is 18.2 Å². The molecule has 10 heteroatoms. The lowest BCUT2D eigenvalue weighted by atomic mass is 10.3. The van der Waals surface area contributed by atoms with Crippen LogP contribution in [0.1, 0.15) is 11.4 Å². The van der Waals surface area contributed by atoms with Gasteiger partial charge in [-0.05, 0) is 50.2 Å². The van der Waals surface area contributed by atoms with Crippen molar-refractivity contribution in [2.24, 2.45) is 0 Å². The van der Waals surface area contributed by atoms with Crippen LogP contribution in [0.5, 0.6) is 0 Å². The number of hydrogen-bond donors (Lipinski definition) is 3. The number of sulfonamides is 1. The molecule has 148 valence electrons. The van der Waals surface area contributed by atoms with Crippen molar-refractivity contribution in [2.75, 3.05) is 10.0 Å². The van der Waals surface area contributed by atoms with Gasteiger partial charge in [0.05, 0.1) is 16.1 Å². The number of nitrogens with one attached hydrogen (secondary N) is 3. The molecular formula is C19H17N5O4S. The van der Waals surface area contributed by atoms with E-state index in [1.54, 1.807) is 24.3 Å². The van der Waals surface area contributed by atoms with E-state index in [0.29, 0.717) is 22.8 Å². The van der Waals surface area contributed by atoms with Crippen molar-refractivity contribution in [3.05, 3.63) is 70.5 Å². The Morgan fingerprint density at radius 2 is 1.69 bits per heavy atom. The van der Waals surface area contributed by atoms with Gasteiger partial charge in [-0.2, -0.15) is 0 Å². The van der Waals surface area contributed by atoms with Crippen LogP contribution in [-0.4, -0.2) is 23.4 Å². The summed E-state index contributed by atoms with van der Waals surface area (Å²) in [6.45, 7) is 3.74. The van der Waals surface area contributed by atoms with E-state index in [0.717, 1.165) is 11.4 Å². The molecule has 0 saturated heterocycles. The predicted molar refractivity (Wildman–Crippen MR) is 109 cm³/mol. The highest BCUT2D eigenvalue weighted by molar-refractivity contribution is 7.92. The number of benzene rings is 2. The van der Waals surface area contributed by atoms with Crippen LogP contribution in [-0.2, 0) is 10.0 Å². The first-order chi connectivity index (χ1) is 13.8. The molecule has 3 N–H and O–H groups in total. The number of aromatic nitrogens is 3. The van der Waals surface area contributed by atoms with Crippen molar-refractivity contribution in [3.8, 4) is 0 Å². The van der Waals surface area contributed by atoms with E-state index in [2.05, 4.69) is 25.0 Å². The SMILES string of the molecule is Cc1cc(C)nc(Nc2cccc(NS(=O)(=O)c3ccc4[nH]c(=O)oc4c3)c2)n1. The molecule has 0 aliphatic carbocycles. The molecule has 4 aromatic rings. The number of oxazole rings is 1. The van der Waals surface area contributed by atoms with Crippen LogP contribution < -0.4 is 15.8 Å². The van der Waals surface area contributed by atoms with Crippen LogP contribution in [0, 0.1) is 13.8 Å². The maximum atomic E-state index is 12.7. The summed E-state index contributed by atoms with van der Waals surface area (Å²) < 4.78 is 32.9. The number of anilines is 3. The molecule has 9 nitrogen and oxygen atoms in total. The number of rotatable bonds is 5. The maximum Gasteiger partial charge on any atom is 0.417 e. The molecule has 0 radical (unpaired) electrons. The van der Waals surface area contributed by atoms with Gasteiger partial charge in [0.2, 0.25) is 5.95 Å². The molecule has 29 heavy (non-hydrogen) atoms. The zero-order valence-corrected chi connectivity index (χ0v) is 16.4.